The Kier molecular flexibility index (Phi) is 10.2. The Morgan fingerprint density at radius 1 is 1.07 bits per heavy atom. The Labute approximate surface area is 84.4 Å². The van der Waals surface area contributed by atoms with Gasteiger partial charge in [0.05, 0.1) is 6.61 Å². The summed E-state index contributed by atoms with van der Waals surface area (Å²) in [6.45, 7) is -0.760. The van der Waals surface area contributed by atoms with Crippen molar-refractivity contribution in [1.29, 1.82) is 0 Å². The van der Waals surface area contributed by atoms with Crippen LogP contribution in [0.5, 0.6) is 0 Å². The van der Waals surface area contributed by atoms with E-state index in [2.05, 4.69) is 0 Å². The maximum atomic E-state index is 9.90. The van der Waals surface area contributed by atoms with Crippen molar-refractivity contribution in [3.05, 3.63) is 0 Å². The van der Waals surface area contributed by atoms with Gasteiger partial charge in [-0.25, -0.2) is 0 Å². The zero-order valence-electron chi connectivity index (χ0n) is 7.55. The van der Waals surface area contributed by atoms with E-state index in [1.807, 2.05) is 0 Å². The fourth-order valence-corrected chi connectivity index (χ4v) is 0.618. The molecule has 0 amide bonds. The molecule has 0 aromatic heterocycles. The van der Waals surface area contributed by atoms with Gasteiger partial charge in [0.25, 0.3) is 0 Å². The average Bonchev–Trinajstić information content (AvgIpc) is 2.25. The zero-order chi connectivity index (χ0) is 12.4. The lowest BCUT2D eigenvalue weighted by atomic mass is 10.0. The van der Waals surface area contributed by atoms with Gasteiger partial charge in [0.2, 0.25) is 0 Å². The molecule has 0 heterocycles. The number of aliphatic hydroxyl groups excluding tert-OH is 5. The Bertz CT molecular complexity index is 199. The van der Waals surface area contributed by atoms with Crippen LogP contribution in [0.25, 0.3) is 0 Å². The molecule has 8 heteroatoms. The van der Waals surface area contributed by atoms with Crippen molar-refractivity contribution < 1.29 is 39.9 Å². The first-order valence-corrected chi connectivity index (χ1v) is 3.73. The fourth-order valence-electron chi connectivity index (χ4n) is 0.618. The van der Waals surface area contributed by atoms with E-state index in [9.17, 15) is 4.79 Å². The van der Waals surface area contributed by atoms with Crippen LogP contribution in [-0.4, -0.2) is 69.0 Å². The second-order valence-electron chi connectivity index (χ2n) is 2.44. The third-order valence-electron chi connectivity index (χ3n) is 1.42. The van der Waals surface area contributed by atoms with E-state index in [1.165, 1.54) is 0 Å². The standard InChI is InChI=1S/C6H12O6.CO2/c7-1-3(9)5(11)6(12)4(10)2-8;2-1-3/h1,3-6,8-12H,2H2;. The molecule has 0 rings (SSSR count). The van der Waals surface area contributed by atoms with Crippen molar-refractivity contribution >= 4 is 12.4 Å². The number of hydrogen-bond acceptors (Lipinski definition) is 8. The molecule has 8 nitrogen and oxygen atoms in total. The van der Waals surface area contributed by atoms with Gasteiger partial charge in [0.15, 0.2) is 6.29 Å². The predicted molar refractivity (Wildman–Crippen MR) is 42.2 cm³/mol. The highest BCUT2D eigenvalue weighted by atomic mass is 16.4. The molecule has 5 N–H and O–H groups in total. The zero-order valence-corrected chi connectivity index (χ0v) is 7.55. The Hall–Kier alpha value is -1.15. The van der Waals surface area contributed by atoms with Gasteiger partial charge in [-0.3, -0.25) is 0 Å². The molecule has 0 aliphatic heterocycles. The molecule has 0 saturated heterocycles. The number of hydrogen-bond donors (Lipinski definition) is 5. The van der Waals surface area contributed by atoms with E-state index in [0.29, 0.717) is 0 Å². The van der Waals surface area contributed by atoms with Gasteiger partial charge in [-0.2, -0.15) is 9.59 Å². The Balaban J connectivity index is 0. The first-order chi connectivity index (χ1) is 6.95. The lowest BCUT2D eigenvalue weighted by molar-refractivity contribution is -0.191. The SMILES string of the molecule is O=C=O.O=CC(O)C(O)C(O)C(O)CO. The van der Waals surface area contributed by atoms with Crippen LogP contribution >= 0.6 is 0 Å². The number of rotatable bonds is 5. The van der Waals surface area contributed by atoms with Crippen LogP contribution in [0.3, 0.4) is 0 Å². The van der Waals surface area contributed by atoms with Crippen LogP contribution in [0.1, 0.15) is 0 Å². The number of carbonyl (C=O) groups is 1. The molecule has 0 saturated carbocycles. The molecule has 15 heavy (non-hydrogen) atoms. The van der Waals surface area contributed by atoms with Gasteiger partial charge in [0.1, 0.15) is 24.4 Å². The van der Waals surface area contributed by atoms with Crippen LogP contribution in [0.2, 0.25) is 0 Å². The maximum absolute atomic E-state index is 9.90. The molecule has 4 atom stereocenters. The minimum Gasteiger partial charge on any atom is -0.394 e. The largest absolute Gasteiger partial charge is 0.394 e. The molecule has 0 radical (unpaired) electrons. The van der Waals surface area contributed by atoms with E-state index in [-0.39, 0.29) is 12.4 Å². The second kappa shape index (κ2) is 9.41. The maximum Gasteiger partial charge on any atom is 0.373 e. The van der Waals surface area contributed by atoms with Crippen LogP contribution in [0.4, 0.5) is 0 Å². The Morgan fingerprint density at radius 3 is 1.73 bits per heavy atom. The molecule has 0 aromatic rings. The predicted octanol–water partition coefficient (Wildman–Crippen LogP) is -3.96. The molecule has 4 unspecified atom stereocenters. The first kappa shape index (κ1) is 16.3. The number of aldehydes is 1. The normalized spacial score (nSPS) is 17.4. The number of carbonyl (C=O) groups excluding carboxylic acids is 3. The molecule has 0 aromatic carbocycles. The van der Waals surface area contributed by atoms with Gasteiger partial charge < -0.3 is 30.3 Å². The quantitative estimate of drug-likeness (QED) is 0.296. The number of aliphatic hydroxyl groups is 5. The molecule has 0 fully saturated rings. The van der Waals surface area contributed by atoms with Gasteiger partial charge >= 0.3 is 6.15 Å². The van der Waals surface area contributed by atoms with E-state index < -0.39 is 31.0 Å². The fraction of sp³-hybridized carbons (Fsp3) is 0.714. The highest BCUT2D eigenvalue weighted by Crippen LogP contribution is 2.02. The van der Waals surface area contributed by atoms with Crippen molar-refractivity contribution in [2.45, 2.75) is 24.4 Å². The third kappa shape index (κ3) is 6.86. The van der Waals surface area contributed by atoms with Gasteiger partial charge in [-0.15, -0.1) is 0 Å². The summed E-state index contributed by atoms with van der Waals surface area (Å²) >= 11 is 0. The van der Waals surface area contributed by atoms with Crippen molar-refractivity contribution in [2.24, 2.45) is 0 Å². The second-order valence-corrected chi connectivity index (χ2v) is 2.44. The van der Waals surface area contributed by atoms with Gasteiger partial charge in [-0.05, 0) is 0 Å². The minimum atomic E-state index is -1.79. The van der Waals surface area contributed by atoms with Gasteiger partial charge in [-0.1, -0.05) is 0 Å². The van der Waals surface area contributed by atoms with Gasteiger partial charge in [0, 0.05) is 0 Å². The van der Waals surface area contributed by atoms with E-state index in [0.717, 1.165) is 0 Å². The summed E-state index contributed by atoms with van der Waals surface area (Å²) < 4.78 is 0. The molecule has 88 valence electrons. The lowest BCUT2D eigenvalue weighted by Gasteiger charge is -2.22. The third-order valence-corrected chi connectivity index (χ3v) is 1.42. The van der Waals surface area contributed by atoms with E-state index in [4.69, 9.17) is 35.1 Å². The van der Waals surface area contributed by atoms with Crippen LogP contribution < -0.4 is 0 Å². The highest BCUT2D eigenvalue weighted by molar-refractivity contribution is 5.56. The lowest BCUT2D eigenvalue weighted by Crippen LogP contribution is -2.46. The van der Waals surface area contributed by atoms with Crippen molar-refractivity contribution in [1.82, 2.24) is 0 Å². The summed E-state index contributed by atoms with van der Waals surface area (Å²) in [4.78, 5) is 26.1. The van der Waals surface area contributed by atoms with E-state index >= 15 is 0 Å². The first-order valence-electron chi connectivity index (χ1n) is 3.73. The van der Waals surface area contributed by atoms with Crippen molar-refractivity contribution in [3.8, 4) is 0 Å². The Morgan fingerprint density at radius 2 is 1.47 bits per heavy atom. The monoisotopic (exact) mass is 224 g/mol. The highest BCUT2D eigenvalue weighted by Gasteiger charge is 2.29. The summed E-state index contributed by atoms with van der Waals surface area (Å²) in [5.74, 6) is 0. The summed E-state index contributed by atoms with van der Waals surface area (Å²) in [5.41, 5.74) is 0. The minimum absolute atomic E-state index is 0.0258. The molecular weight excluding hydrogens is 212 g/mol. The molecule has 0 bridgehead atoms. The summed E-state index contributed by atoms with van der Waals surface area (Å²) in [5, 5.41) is 43.5. The molecule has 0 spiro atoms. The summed E-state index contributed by atoms with van der Waals surface area (Å²) in [7, 11) is 0. The molecular formula is C7H12O8. The topological polar surface area (TPSA) is 152 Å². The van der Waals surface area contributed by atoms with Crippen molar-refractivity contribution in [3.63, 3.8) is 0 Å². The van der Waals surface area contributed by atoms with Crippen LogP contribution in [0, 0.1) is 0 Å². The molecule has 0 aliphatic carbocycles. The summed E-state index contributed by atoms with van der Waals surface area (Å²) in [6.07, 6.45) is -6.59. The molecule has 0 aliphatic rings. The summed E-state index contributed by atoms with van der Waals surface area (Å²) in [6, 6.07) is 0. The smallest absolute Gasteiger partial charge is 0.373 e. The average molecular weight is 224 g/mol. The van der Waals surface area contributed by atoms with Crippen LogP contribution in [0.15, 0.2) is 0 Å². The van der Waals surface area contributed by atoms with Crippen LogP contribution in [-0.2, 0) is 14.4 Å². The van der Waals surface area contributed by atoms with Crippen molar-refractivity contribution in [2.75, 3.05) is 6.61 Å². The van der Waals surface area contributed by atoms with E-state index in [1.54, 1.807) is 0 Å².